The maximum atomic E-state index is 13.4. The van der Waals surface area contributed by atoms with Crippen molar-refractivity contribution in [3.8, 4) is 0 Å². The highest BCUT2D eigenvalue weighted by molar-refractivity contribution is 5.18. The molecule has 1 heterocycles. The van der Waals surface area contributed by atoms with Crippen molar-refractivity contribution in [1.29, 1.82) is 0 Å². The summed E-state index contributed by atoms with van der Waals surface area (Å²) < 4.78 is 26.7. The predicted octanol–water partition coefficient (Wildman–Crippen LogP) is 3.56. The zero-order valence-corrected chi connectivity index (χ0v) is 13.4. The zero-order chi connectivity index (χ0) is 15.6. The van der Waals surface area contributed by atoms with Crippen molar-refractivity contribution in [3.05, 3.63) is 35.4 Å². The van der Waals surface area contributed by atoms with Crippen LogP contribution in [0.2, 0.25) is 0 Å². The SMILES string of the molecule is CC1CCNC(C(C)(C)C)CN1Cc1cc(F)cc(F)c1. The van der Waals surface area contributed by atoms with Crippen LogP contribution in [-0.2, 0) is 6.54 Å². The first-order valence-corrected chi connectivity index (χ1v) is 7.68. The summed E-state index contributed by atoms with van der Waals surface area (Å²) in [4.78, 5) is 2.32. The van der Waals surface area contributed by atoms with Gasteiger partial charge in [0.15, 0.2) is 0 Å². The molecule has 1 N–H and O–H groups in total. The van der Waals surface area contributed by atoms with Gasteiger partial charge in [-0.15, -0.1) is 0 Å². The molecular formula is C17H26F2N2. The number of benzene rings is 1. The Hall–Kier alpha value is -1.00. The van der Waals surface area contributed by atoms with Crippen molar-refractivity contribution in [2.75, 3.05) is 13.1 Å². The average Bonchev–Trinajstić information content (AvgIpc) is 2.50. The predicted molar refractivity (Wildman–Crippen MR) is 82.1 cm³/mol. The first-order valence-electron chi connectivity index (χ1n) is 7.68. The summed E-state index contributed by atoms with van der Waals surface area (Å²) in [5.41, 5.74) is 0.865. The molecule has 1 aliphatic heterocycles. The molecule has 1 aromatic rings. The van der Waals surface area contributed by atoms with Crippen LogP contribution >= 0.6 is 0 Å². The number of hydrogen-bond acceptors (Lipinski definition) is 2. The fourth-order valence-electron chi connectivity index (χ4n) is 2.87. The third-order valence-corrected chi connectivity index (χ3v) is 4.35. The maximum absolute atomic E-state index is 13.4. The minimum absolute atomic E-state index is 0.162. The second-order valence-electron chi connectivity index (χ2n) is 7.22. The van der Waals surface area contributed by atoms with Crippen molar-refractivity contribution >= 4 is 0 Å². The molecule has 0 spiro atoms. The van der Waals surface area contributed by atoms with Gasteiger partial charge in [-0.3, -0.25) is 4.90 Å². The Balaban J connectivity index is 2.15. The quantitative estimate of drug-likeness (QED) is 0.897. The number of halogens is 2. The molecule has 4 heteroatoms. The van der Waals surface area contributed by atoms with E-state index in [-0.39, 0.29) is 5.41 Å². The Morgan fingerprint density at radius 3 is 2.38 bits per heavy atom. The minimum atomic E-state index is -0.502. The van der Waals surface area contributed by atoms with Gasteiger partial charge in [-0.25, -0.2) is 8.78 Å². The molecular weight excluding hydrogens is 270 g/mol. The van der Waals surface area contributed by atoms with E-state index in [0.717, 1.165) is 25.6 Å². The zero-order valence-electron chi connectivity index (χ0n) is 13.4. The largest absolute Gasteiger partial charge is 0.312 e. The highest BCUT2D eigenvalue weighted by Gasteiger charge is 2.30. The van der Waals surface area contributed by atoms with E-state index in [4.69, 9.17) is 0 Å². The van der Waals surface area contributed by atoms with E-state index in [1.807, 2.05) is 0 Å². The van der Waals surface area contributed by atoms with Crippen molar-refractivity contribution in [2.24, 2.45) is 5.41 Å². The molecule has 0 radical (unpaired) electrons. The lowest BCUT2D eigenvalue weighted by atomic mass is 9.86. The van der Waals surface area contributed by atoms with Crippen LogP contribution in [0.25, 0.3) is 0 Å². The molecule has 1 aliphatic rings. The number of rotatable bonds is 2. The first-order chi connectivity index (χ1) is 9.75. The maximum Gasteiger partial charge on any atom is 0.126 e. The molecule has 0 saturated carbocycles. The molecule has 1 aromatic carbocycles. The summed E-state index contributed by atoms with van der Waals surface area (Å²) in [6.07, 6.45) is 1.05. The topological polar surface area (TPSA) is 15.3 Å². The van der Waals surface area contributed by atoms with Gasteiger partial charge in [-0.2, -0.15) is 0 Å². The van der Waals surface area contributed by atoms with Crippen LogP contribution in [0.5, 0.6) is 0 Å². The highest BCUT2D eigenvalue weighted by Crippen LogP contribution is 2.24. The van der Waals surface area contributed by atoms with Gasteiger partial charge >= 0.3 is 0 Å². The van der Waals surface area contributed by atoms with Crippen LogP contribution in [0.1, 0.15) is 39.7 Å². The van der Waals surface area contributed by atoms with Gasteiger partial charge in [0, 0.05) is 31.2 Å². The highest BCUT2D eigenvalue weighted by atomic mass is 19.1. The van der Waals surface area contributed by atoms with E-state index in [2.05, 4.69) is 37.9 Å². The van der Waals surface area contributed by atoms with Crippen LogP contribution < -0.4 is 5.32 Å². The molecule has 2 rings (SSSR count). The lowest BCUT2D eigenvalue weighted by Crippen LogP contribution is -2.47. The number of nitrogens with one attached hydrogen (secondary N) is 1. The van der Waals surface area contributed by atoms with Gasteiger partial charge in [0.05, 0.1) is 0 Å². The molecule has 0 aromatic heterocycles. The van der Waals surface area contributed by atoms with E-state index in [1.165, 1.54) is 12.1 Å². The normalized spacial score (nSPS) is 24.9. The minimum Gasteiger partial charge on any atom is -0.312 e. The smallest absolute Gasteiger partial charge is 0.126 e. The van der Waals surface area contributed by atoms with E-state index in [0.29, 0.717) is 24.2 Å². The van der Waals surface area contributed by atoms with Crippen molar-refractivity contribution in [3.63, 3.8) is 0 Å². The van der Waals surface area contributed by atoms with Crippen LogP contribution in [0, 0.1) is 17.0 Å². The molecule has 21 heavy (non-hydrogen) atoms. The molecule has 2 atom stereocenters. The summed E-state index contributed by atoms with van der Waals surface area (Å²) in [6, 6.07) is 4.56. The third kappa shape index (κ3) is 4.48. The van der Waals surface area contributed by atoms with Crippen LogP contribution in [0.15, 0.2) is 18.2 Å². The van der Waals surface area contributed by atoms with Crippen molar-refractivity contribution in [1.82, 2.24) is 10.2 Å². The van der Waals surface area contributed by atoms with E-state index in [1.54, 1.807) is 0 Å². The molecule has 1 saturated heterocycles. The van der Waals surface area contributed by atoms with Crippen molar-refractivity contribution < 1.29 is 8.78 Å². The molecule has 0 aliphatic carbocycles. The number of hydrogen-bond donors (Lipinski definition) is 1. The summed E-state index contributed by atoms with van der Waals surface area (Å²) in [5, 5.41) is 3.60. The van der Waals surface area contributed by atoms with E-state index >= 15 is 0 Å². The van der Waals surface area contributed by atoms with Gasteiger partial charge in [-0.05, 0) is 43.0 Å². The Morgan fingerprint density at radius 2 is 1.81 bits per heavy atom. The van der Waals surface area contributed by atoms with Gasteiger partial charge < -0.3 is 5.32 Å². The van der Waals surface area contributed by atoms with Crippen LogP contribution in [-0.4, -0.2) is 30.1 Å². The fraction of sp³-hybridized carbons (Fsp3) is 0.647. The van der Waals surface area contributed by atoms with Gasteiger partial charge in [0.25, 0.3) is 0 Å². The molecule has 2 nitrogen and oxygen atoms in total. The van der Waals surface area contributed by atoms with Gasteiger partial charge in [0.2, 0.25) is 0 Å². The third-order valence-electron chi connectivity index (χ3n) is 4.35. The molecule has 2 unspecified atom stereocenters. The summed E-state index contributed by atoms with van der Waals surface area (Å²) in [7, 11) is 0. The van der Waals surface area contributed by atoms with Gasteiger partial charge in [-0.1, -0.05) is 20.8 Å². The standard InChI is InChI=1S/C17H26F2N2/c1-12-5-6-20-16(17(2,3)4)11-21(12)10-13-7-14(18)9-15(19)8-13/h7-9,12,16,20H,5-6,10-11H2,1-4H3. The number of nitrogens with zero attached hydrogens (tertiary/aromatic N) is 1. The lowest BCUT2D eigenvalue weighted by Gasteiger charge is -2.35. The first kappa shape index (κ1) is 16.4. The Bertz CT molecular complexity index is 462. The second kappa shape index (κ2) is 6.41. The van der Waals surface area contributed by atoms with Crippen LogP contribution in [0.4, 0.5) is 8.78 Å². The second-order valence-corrected chi connectivity index (χ2v) is 7.22. The fourth-order valence-corrected chi connectivity index (χ4v) is 2.87. The Labute approximate surface area is 126 Å². The summed E-state index contributed by atoms with van der Waals surface area (Å²) >= 11 is 0. The molecule has 118 valence electrons. The van der Waals surface area contributed by atoms with Crippen LogP contribution in [0.3, 0.4) is 0 Å². The monoisotopic (exact) mass is 296 g/mol. The Kier molecular flexibility index (Phi) is 4.99. The summed E-state index contributed by atoms with van der Waals surface area (Å²) in [5.74, 6) is -1.00. The molecule has 0 amide bonds. The van der Waals surface area contributed by atoms with Gasteiger partial charge in [0.1, 0.15) is 11.6 Å². The molecule has 0 bridgehead atoms. The lowest BCUT2D eigenvalue weighted by molar-refractivity contribution is 0.157. The average molecular weight is 296 g/mol. The summed E-state index contributed by atoms with van der Waals surface area (Å²) in [6.45, 7) is 11.3. The Morgan fingerprint density at radius 1 is 1.19 bits per heavy atom. The van der Waals surface area contributed by atoms with E-state index < -0.39 is 11.6 Å². The van der Waals surface area contributed by atoms with E-state index in [9.17, 15) is 8.78 Å². The van der Waals surface area contributed by atoms with Crippen molar-refractivity contribution in [2.45, 2.75) is 52.7 Å². The molecule has 1 fully saturated rings.